The largest absolute Gasteiger partial charge is 0.491 e. The first-order valence-corrected chi connectivity index (χ1v) is 7.99. The van der Waals surface area contributed by atoms with Gasteiger partial charge in [-0.2, -0.15) is 0 Å². The number of hydrogen-bond acceptors (Lipinski definition) is 4. The van der Waals surface area contributed by atoms with Gasteiger partial charge in [0.05, 0.1) is 11.7 Å². The highest BCUT2D eigenvalue weighted by molar-refractivity contribution is 5.97. The highest BCUT2D eigenvalue weighted by Gasteiger charge is 2.12. The maximum absolute atomic E-state index is 12.4. The summed E-state index contributed by atoms with van der Waals surface area (Å²) in [5.74, 6) is 0.219. The van der Waals surface area contributed by atoms with Crippen LogP contribution in [0.15, 0.2) is 48.5 Å². The zero-order valence-corrected chi connectivity index (χ0v) is 14.3. The summed E-state index contributed by atoms with van der Waals surface area (Å²) >= 11 is 0. The van der Waals surface area contributed by atoms with Crippen LogP contribution in [0.5, 0.6) is 11.5 Å². The molecular weight excluding hydrogens is 320 g/mol. The standard InChI is InChI=1S/C19H22N2O4/c1-13(2)25-15-9-7-14(8-10-15)11-21-19(23)16-5-3-4-6-17(16)24-12-18(20)22/h3-10,13H,11-12H2,1-2H3,(H2,20,22)(H,21,23). The summed E-state index contributed by atoms with van der Waals surface area (Å²) in [5.41, 5.74) is 6.36. The topological polar surface area (TPSA) is 90.7 Å². The predicted molar refractivity (Wildman–Crippen MR) is 94.5 cm³/mol. The lowest BCUT2D eigenvalue weighted by Gasteiger charge is -2.12. The van der Waals surface area contributed by atoms with Crippen LogP contribution in [0.3, 0.4) is 0 Å². The van der Waals surface area contributed by atoms with Gasteiger partial charge < -0.3 is 20.5 Å². The van der Waals surface area contributed by atoms with Gasteiger partial charge in [0.1, 0.15) is 11.5 Å². The van der Waals surface area contributed by atoms with E-state index in [2.05, 4.69) is 5.32 Å². The highest BCUT2D eigenvalue weighted by atomic mass is 16.5. The minimum absolute atomic E-state index is 0.113. The second-order valence-electron chi connectivity index (χ2n) is 5.74. The molecule has 2 amide bonds. The van der Waals surface area contributed by atoms with Crippen LogP contribution in [0.25, 0.3) is 0 Å². The Kier molecular flexibility index (Phi) is 6.39. The molecule has 0 bridgehead atoms. The fraction of sp³-hybridized carbons (Fsp3) is 0.263. The fourth-order valence-corrected chi connectivity index (χ4v) is 2.16. The molecule has 0 aromatic heterocycles. The first kappa shape index (κ1) is 18.3. The molecule has 132 valence electrons. The van der Waals surface area contributed by atoms with E-state index in [9.17, 15) is 9.59 Å². The van der Waals surface area contributed by atoms with Gasteiger partial charge in [-0.05, 0) is 43.7 Å². The molecule has 0 spiro atoms. The van der Waals surface area contributed by atoms with Crippen molar-refractivity contribution < 1.29 is 19.1 Å². The van der Waals surface area contributed by atoms with E-state index in [1.807, 2.05) is 38.1 Å². The molecule has 6 nitrogen and oxygen atoms in total. The van der Waals surface area contributed by atoms with E-state index in [4.69, 9.17) is 15.2 Å². The molecule has 6 heteroatoms. The summed E-state index contributed by atoms with van der Waals surface area (Å²) < 4.78 is 10.9. The highest BCUT2D eigenvalue weighted by Crippen LogP contribution is 2.18. The molecule has 25 heavy (non-hydrogen) atoms. The maximum Gasteiger partial charge on any atom is 0.255 e. The third-order valence-electron chi connectivity index (χ3n) is 3.25. The lowest BCUT2D eigenvalue weighted by atomic mass is 10.1. The minimum atomic E-state index is -0.598. The molecule has 2 rings (SSSR count). The van der Waals surface area contributed by atoms with E-state index in [1.165, 1.54) is 0 Å². The molecule has 0 atom stereocenters. The van der Waals surface area contributed by atoms with E-state index >= 15 is 0 Å². The van der Waals surface area contributed by atoms with Crippen LogP contribution in [0.2, 0.25) is 0 Å². The first-order valence-electron chi connectivity index (χ1n) is 7.99. The van der Waals surface area contributed by atoms with Crippen molar-refractivity contribution in [3.8, 4) is 11.5 Å². The Morgan fingerprint density at radius 2 is 1.76 bits per heavy atom. The lowest BCUT2D eigenvalue weighted by Crippen LogP contribution is -2.25. The van der Waals surface area contributed by atoms with E-state index in [-0.39, 0.29) is 18.6 Å². The lowest BCUT2D eigenvalue weighted by molar-refractivity contribution is -0.119. The van der Waals surface area contributed by atoms with Gasteiger partial charge in [-0.3, -0.25) is 9.59 Å². The molecule has 0 saturated carbocycles. The number of amides is 2. The Labute approximate surface area is 146 Å². The van der Waals surface area contributed by atoms with Crippen molar-refractivity contribution >= 4 is 11.8 Å². The van der Waals surface area contributed by atoms with Crippen molar-refractivity contribution in [3.63, 3.8) is 0 Å². The Bertz CT molecular complexity index is 726. The van der Waals surface area contributed by atoms with Gasteiger partial charge >= 0.3 is 0 Å². The van der Waals surface area contributed by atoms with Crippen molar-refractivity contribution in [2.75, 3.05) is 6.61 Å². The van der Waals surface area contributed by atoms with Crippen LogP contribution in [-0.2, 0) is 11.3 Å². The SMILES string of the molecule is CC(C)Oc1ccc(CNC(=O)c2ccccc2OCC(N)=O)cc1. The van der Waals surface area contributed by atoms with Crippen LogP contribution < -0.4 is 20.5 Å². The van der Waals surface area contributed by atoms with Gasteiger partial charge in [0.15, 0.2) is 6.61 Å². The second kappa shape index (κ2) is 8.73. The smallest absolute Gasteiger partial charge is 0.255 e. The van der Waals surface area contributed by atoms with Gasteiger partial charge in [-0.15, -0.1) is 0 Å². The Morgan fingerprint density at radius 1 is 1.08 bits per heavy atom. The van der Waals surface area contributed by atoms with Crippen molar-refractivity contribution in [1.82, 2.24) is 5.32 Å². The van der Waals surface area contributed by atoms with Crippen molar-refractivity contribution in [2.45, 2.75) is 26.5 Å². The van der Waals surface area contributed by atoms with Gasteiger partial charge in [0, 0.05) is 6.54 Å². The van der Waals surface area contributed by atoms with Crippen LogP contribution >= 0.6 is 0 Å². The van der Waals surface area contributed by atoms with Crippen LogP contribution in [0, 0.1) is 0 Å². The maximum atomic E-state index is 12.4. The number of benzene rings is 2. The molecule has 0 saturated heterocycles. The summed E-state index contributed by atoms with van der Waals surface area (Å²) in [6.45, 7) is 4.02. The van der Waals surface area contributed by atoms with E-state index in [0.29, 0.717) is 17.9 Å². The average Bonchev–Trinajstić information content (AvgIpc) is 2.59. The first-order chi connectivity index (χ1) is 12.0. The minimum Gasteiger partial charge on any atom is -0.491 e. The molecule has 2 aromatic carbocycles. The molecule has 0 aliphatic heterocycles. The molecular formula is C19H22N2O4. The van der Waals surface area contributed by atoms with Crippen molar-refractivity contribution in [2.24, 2.45) is 5.73 Å². The Balaban J connectivity index is 1.97. The normalized spacial score (nSPS) is 10.4. The van der Waals surface area contributed by atoms with E-state index in [0.717, 1.165) is 11.3 Å². The van der Waals surface area contributed by atoms with Gasteiger partial charge in [-0.1, -0.05) is 24.3 Å². The molecule has 0 aliphatic carbocycles. The Morgan fingerprint density at radius 3 is 2.40 bits per heavy atom. The second-order valence-corrected chi connectivity index (χ2v) is 5.74. The number of carbonyl (C=O) groups is 2. The third-order valence-corrected chi connectivity index (χ3v) is 3.25. The summed E-state index contributed by atoms with van der Waals surface area (Å²) in [4.78, 5) is 23.2. The number of para-hydroxylation sites is 1. The quantitative estimate of drug-likeness (QED) is 0.770. The van der Waals surface area contributed by atoms with Crippen LogP contribution in [-0.4, -0.2) is 24.5 Å². The number of carbonyl (C=O) groups excluding carboxylic acids is 2. The zero-order chi connectivity index (χ0) is 18.2. The summed E-state index contributed by atoms with van der Waals surface area (Å²) in [5, 5.41) is 2.83. The number of hydrogen-bond donors (Lipinski definition) is 2. The molecule has 0 fully saturated rings. The molecule has 2 aromatic rings. The van der Waals surface area contributed by atoms with Crippen LogP contribution in [0.1, 0.15) is 29.8 Å². The molecule has 0 heterocycles. The monoisotopic (exact) mass is 342 g/mol. The number of primary amides is 1. The van der Waals surface area contributed by atoms with Crippen molar-refractivity contribution in [3.05, 3.63) is 59.7 Å². The summed E-state index contributed by atoms with van der Waals surface area (Å²) in [6.07, 6.45) is 0.113. The summed E-state index contributed by atoms with van der Waals surface area (Å²) in [6, 6.07) is 14.2. The molecule has 3 N–H and O–H groups in total. The summed E-state index contributed by atoms with van der Waals surface area (Å²) in [7, 11) is 0. The van der Waals surface area contributed by atoms with E-state index < -0.39 is 5.91 Å². The Hall–Kier alpha value is -3.02. The van der Waals surface area contributed by atoms with Gasteiger partial charge in [0.25, 0.3) is 11.8 Å². The van der Waals surface area contributed by atoms with Gasteiger partial charge in [-0.25, -0.2) is 0 Å². The fourth-order valence-electron chi connectivity index (χ4n) is 2.16. The number of ether oxygens (including phenoxy) is 2. The zero-order valence-electron chi connectivity index (χ0n) is 14.3. The molecule has 0 aliphatic rings. The molecule has 0 unspecified atom stereocenters. The van der Waals surface area contributed by atoms with E-state index in [1.54, 1.807) is 24.3 Å². The number of rotatable bonds is 8. The van der Waals surface area contributed by atoms with Gasteiger partial charge in [0.2, 0.25) is 0 Å². The third kappa shape index (κ3) is 5.84. The van der Waals surface area contributed by atoms with Crippen LogP contribution in [0.4, 0.5) is 0 Å². The number of nitrogens with two attached hydrogens (primary N) is 1. The molecule has 0 radical (unpaired) electrons. The van der Waals surface area contributed by atoms with Crippen molar-refractivity contribution in [1.29, 1.82) is 0 Å². The predicted octanol–water partition coefficient (Wildman–Crippen LogP) is 2.27. The number of nitrogens with one attached hydrogen (secondary N) is 1. The average molecular weight is 342 g/mol.